The highest BCUT2D eigenvalue weighted by atomic mass is 14.6. The van der Waals surface area contributed by atoms with Crippen molar-refractivity contribution in [2.24, 2.45) is 40.4 Å². The molecule has 3 fully saturated rings. The average Bonchev–Trinajstić information content (AvgIpc) is 2.97. The topological polar surface area (TPSA) is 23.9 Å². The monoisotopic (exact) mass is 359 g/mol. The first kappa shape index (κ1) is 21.7. The van der Waals surface area contributed by atoms with E-state index < -0.39 is 0 Å². The standard InChI is InChI=1S/C23H39N.C2H6/c1-6-8-17-9-10-18-20-12-11-19(16(3)24)23(20,5)15-13-21(18)22(17,4)14-7-2;1-2/h6,17-21,24H,1,7-15H2,2-5H3;1-2H3. The van der Waals surface area contributed by atoms with Crippen molar-refractivity contribution in [1.29, 1.82) is 5.41 Å². The molecule has 0 bridgehead atoms. The van der Waals surface area contributed by atoms with E-state index in [0.717, 1.165) is 29.4 Å². The van der Waals surface area contributed by atoms with Crippen molar-refractivity contribution in [3.63, 3.8) is 0 Å². The lowest BCUT2D eigenvalue weighted by molar-refractivity contribution is -0.0941. The quantitative estimate of drug-likeness (QED) is 0.381. The Morgan fingerprint density at radius 2 is 1.77 bits per heavy atom. The predicted octanol–water partition coefficient (Wildman–Crippen LogP) is 7.90. The molecule has 150 valence electrons. The fourth-order valence-electron chi connectivity index (χ4n) is 7.76. The van der Waals surface area contributed by atoms with Gasteiger partial charge in [-0.25, -0.2) is 0 Å². The Labute approximate surface area is 163 Å². The Kier molecular flexibility index (Phi) is 7.19. The van der Waals surface area contributed by atoms with Gasteiger partial charge in [0.1, 0.15) is 0 Å². The number of nitrogens with one attached hydrogen (secondary N) is 1. The number of rotatable bonds is 5. The summed E-state index contributed by atoms with van der Waals surface area (Å²) in [4.78, 5) is 0. The Hall–Kier alpha value is -0.590. The van der Waals surface area contributed by atoms with Crippen LogP contribution < -0.4 is 0 Å². The summed E-state index contributed by atoms with van der Waals surface area (Å²) in [5, 5.41) is 8.29. The summed E-state index contributed by atoms with van der Waals surface area (Å²) in [7, 11) is 0. The SMILES string of the molecule is C=CCC1CCC2C(CCC3(C)C(C(C)=N)CCC23)C1(C)CCC.CC. The second-order valence-electron chi connectivity index (χ2n) is 9.79. The van der Waals surface area contributed by atoms with E-state index in [4.69, 9.17) is 5.41 Å². The van der Waals surface area contributed by atoms with Crippen LogP contribution in [0.15, 0.2) is 12.7 Å². The first-order valence-electron chi connectivity index (χ1n) is 11.5. The highest BCUT2D eigenvalue weighted by Crippen LogP contribution is 2.66. The zero-order chi connectivity index (χ0) is 19.5. The molecule has 7 unspecified atom stereocenters. The fourth-order valence-corrected chi connectivity index (χ4v) is 7.76. The maximum atomic E-state index is 8.29. The predicted molar refractivity (Wildman–Crippen MR) is 116 cm³/mol. The van der Waals surface area contributed by atoms with Crippen LogP contribution in [0.5, 0.6) is 0 Å². The normalized spacial score (nSPS) is 44.3. The lowest BCUT2D eigenvalue weighted by atomic mass is 9.46. The first-order valence-corrected chi connectivity index (χ1v) is 11.5. The summed E-state index contributed by atoms with van der Waals surface area (Å²) >= 11 is 0. The molecule has 0 heterocycles. The van der Waals surface area contributed by atoms with E-state index in [0.29, 0.717) is 16.7 Å². The van der Waals surface area contributed by atoms with Crippen molar-refractivity contribution < 1.29 is 0 Å². The van der Waals surface area contributed by atoms with Gasteiger partial charge in [0.05, 0.1) is 0 Å². The van der Waals surface area contributed by atoms with E-state index in [1.807, 2.05) is 13.8 Å². The summed E-state index contributed by atoms with van der Waals surface area (Å²) in [5.41, 5.74) is 1.89. The van der Waals surface area contributed by atoms with Gasteiger partial charge in [-0.1, -0.05) is 47.1 Å². The number of hydrogen-bond acceptors (Lipinski definition) is 1. The van der Waals surface area contributed by atoms with Crippen LogP contribution in [0.4, 0.5) is 0 Å². The van der Waals surface area contributed by atoms with Crippen LogP contribution in [0.2, 0.25) is 0 Å². The molecule has 3 rings (SSSR count). The molecule has 26 heavy (non-hydrogen) atoms. The first-order chi connectivity index (χ1) is 12.4. The van der Waals surface area contributed by atoms with Crippen LogP contribution >= 0.6 is 0 Å². The molecule has 0 aromatic heterocycles. The van der Waals surface area contributed by atoms with Gasteiger partial charge < -0.3 is 5.41 Å². The maximum Gasteiger partial charge on any atom is 0.00946 e. The molecule has 0 aliphatic heterocycles. The van der Waals surface area contributed by atoms with Gasteiger partial charge in [-0.15, -0.1) is 6.58 Å². The van der Waals surface area contributed by atoms with Crippen LogP contribution in [-0.4, -0.2) is 5.71 Å². The Morgan fingerprint density at radius 3 is 2.35 bits per heavy atom. The minimum absolute atomic E-state index is 0.422. The zero-order valence-corrected chi connectivity index (χ0v) is 18.5. The largest absolute Gasteiger partial charge is 0.310 e. The molecule has 0 saturated heterocycles. The molecule has 3 saturated carbocycles. The maximum absolute atomic E-state index is 8.29. The molecule has 1 N–H and O–H groups in total. The summed E-state index contributed by atoms with van der Waals surface area (Å²) < 4.78 is 0. The van der Waals surface area contributed by atoms with Crippen molar-refractivity contribution >= 4 is 5.71 Å². The molecule has 1 nitrogen and oxygen atoms in total. The average molecular weight is 360 g/mol. The minimum Gasteiger partial charge on any atom is -0.310 e. The number of fused-ring (bicyclic) bond motifs is 3. The van der Waals surface area contributed by atoms with Crippen molar-refractivity contribution in [2.45, 2.75) is 99.3 Å². The highest BCUT2D eigenvalue weighted by molar-refractivity contribution is 5.82. The number of hydrogen-bond donors (Lipinski definition) is 1. The molecule has 3 aliphatic rings. The van der Waals surface area contributed by atoms with Crippen LogP contribution in [0, 0.1) is 45.8 Å². The Bertz CT molecular complexity index is 494. The van der Waals surface area contributed by atoms with Gasteiger partial charge in [0.25, 0.3) is 0 Å². The van der Waals surface area contributed by atoms with Crippen molar-refractivity contribution in [3.8, 4) is 0 Å². The molecule has 0 spiro atoms. The highest BCUT2D eigenvalue weighted by Gasteiger charge is 2.59. The zero-order valence-electron chi connectivity index (χ0n) is 18.5. The van der Waals surface area contributed by atoms with Gasteiger partial charge >= 0.3 is 0 Å². The van der Waals surface area contributed by atoms with Crippen molar-refractivity contribution in [1.82, 2.24) is 0 Å². The third-order valence-corrected chi connectivity index (χ3v) is 8.83. The van der Waals surface area contributed by atoms with E-state index in [2.05, 4.69) is 40.3 Å². The lowest BCUT2D eigenvalue weighted by Gasteiger charge is -2.59. The van der Waals surface area contributed by atoms with Crippen LogP contribution in [0.1, 0.15) is 99.3 Å². The second-order valence-corrected chi connectivity index (χ2v) is 9.79. The second kappa shape index (κ2) is 8.61. The van der Waals surface area contributed by atoms with Gasteiger partial charge in [0.15, 0.2) is 0 Å². The summed E-state index contributed by atoms with van der Waals surface area (Å²) in [5.74, 6) is 4.13. The smallest absolute Gasteiger partial charge is 0.00946 e. The summed E-state index contributed by atoms with van der Waals surface area (Å²) in [6, 6.07) is 0. The molecule has 3 aliphatic carbocycles. The molecular formula is C25H45N. The third-order valence-electron chi connectivity index (χ3n) is 8.83. The van der Waals surface area contributed by atoms with Gasteiger partial charge in [-0.05, 0) is 92.8 Å². The van der Waals surface area contributed by atoms with E-state index >= 15 is 0 Å². The molecule has 0 aromatic carbocycles. The van der Waals surface area contributed by atoms with Crippen molar-refractivity contribution in [3.05, 3.63) is 12.7 Å². The van der Waals surface area contributed by atoms with Gasteiger partial charge in [0.2, 0.25) is 0 Å². The van der Waals surface area contributed by atoms with Crippen LogP contribution in [0.3, 0.4) is 0 Å². The third kappa shape index (κ3) is 3.45. The van der Waals surface area contributed by atoms with Crippen LogP contribution in [0.25, 0.3) is 0 Å². The minimum atomic E-state index is 0.422. The molecule has 0 aromatic rings. The van der Waals surface area contributed by atoms with Crippen LogP contribution in [-0.2, 0) is 0 Å². The van der Waals surface area contributed by atoms with Gasteiger partial charge in [0, 0.05) is 11.6 Å². The van der Waals surface area contributed by atoms with Gasteiger partial charge in [-0.3, -0.25) is 0 Å². The lowest BCUT2D eigenvalue weighted by Crippen LogP contribution is -2.52. The number of allylic oxidation sites excluding steroid dienone is 1. The summed E-state index contributed by atoms with van der Waals surface area (Å²) in [6.45, 7) is 17.7. The van der Waals surface area contributed by atoms with E-state index in [1.54, 1.807) is 0 Å². The van der Waals surface area contributed by atoms with Crippen molar-refractivity contribution in [2.75, 3.05) is 0 Å². The molecule has 0 radical (unpaired) electrons. The molecule has 7 atom stereocenters. The van der Waals surface area contributed by atoms with Gasteiger partial charge in [-0.2, -0.15) is 0 Å². The molecule has 1 heteroatoms. The molecular weight excluding hydrogens is 314 g/mol. The van der Waals surface area contributed by atoms with E-state index in [-0.39, 0.29) is 0 Å². The Balaban J connectivity index is 0.00000117. The molecule has 0 amide bonds. The summed E-state index contributed by atoms with van der Waals surface area (Å²) in [6.07, 6.45) is 14.4. The van der Waals surface area contributed by atoms with E-state index in [9.17, 15) is 0 Å². The van der Waals surface area contributed by atoms with E-state index in [1.165, 1.54) is 57.8 Å². The fraction of sp³-hybridized carbons (Fsp3) is 0.880. The Morgan fingerprint density at radius 1 is 1.08 bits per heavy atom.